The Morgan fingerprint density at radius 3 is 2.61 bits per heavy atom. The second-order valence-electron chi connectivity index (χ2n) is 5.74. The third-order valence-corrected chi connectivity index (χ3v) is 4.66. The molecule has 4 rings (SSSR count). The Hall–Kier alpha value is -1.98. The van der Waals surface area contributed by atoms with Gasteiger partial charge in [-0.25, -0.2) is 0 Å². The lowest BCUT2D eigenvalue weighted by Gasteiger charge is -2.27. The van der Waals surface area contributed by atoms with Crippen molar-refractivity contribution >= 4 is 15.9 Å². The van der Waals surface area contributed by atoms with E-state index in [-0.39, 0.29) is 0 Å². The molecule has 3 aromatic rings. The van der Waals surface area contributed by atoms with Crippen molar-refractivity contribution in [1.29, 1.82) is 0 Å². The molecule has 0 radical (unpaired) electrons. The number of hydrogen-bond donors (Lipinski definition) is 0. The molecule has 0 spiro atoms. The van der Waals surface area contributed by atoms with Gasteiger partial charge in [0, 0.05) is 23.1 Å². The fraction of sp³-hybridized carbons (Fsp3) is 0.222. The van der Waals surface area contributed by atoms with Gasteiger partial charge in [0.05, 0.1) is 6.54 Å². The summed E-state index contributed by atoms with van der Waals surface area (Å²) in [5, 5.41) is 8.36. The van der Waals surface area contributed by atoms with E-state index in [0.717, 1.165) is 29.5 Å². The topological polar surface area (TPSA) is 42.2 Å². The van der Waals surface area contributed by atoms with Gasteiger partial charge < -0.3 is 4.42 Å². The zero-order valence-corrected chi connectivity index (χ0v) is 14.2. The van der Waals surface area contributed by atoms with Gasteiger partial charge in [-0.2, -0.15) is 0 Å². The molecule has 116 valence electrons. The third-order valence-electron chi connectivity index (χ3n) is 4.13. The van der Waals surface area contributed by atoms with Gasteiger partial charge >= 0.3 is 0 Å². The predicted molar refractivity (Wildman–Crippen MR) is 91.7 cm³/mol. The van der Waals surface area contributed by atoms with Crippen LogP contribution in [0.15, 0.2) is 57.4 Å². The van der Waals surface area contributed by atoms with Crippen LogP contribution in [-0.2, 0) is 19.5 Å². The van der Waals surface area contributed by atoms with Crippen LogP contribution in [0.2, 0.25) is 0 Å². The summed E-state index contributed by atoms with van der Waals surface area (Å²) in [7, 11) is 0. The molecule has 0 saturated heterocycles. The minimum absolute atomic E-state index is 0.574. The maximum absolute atomic E-state index is 5.82. The summed E-state index contributed by atoms with van der Waals surface area (Å²) in [6.45, 7) is 2.65. The number of hydrogen-bond acceptors (Lipinski definition) is 4. The molecule has 0 aliphatic carbocycles. The molecule has 1 aromatic heterocycles. The predicted octanol–water partition coefficient (Wildman–Crippen LogP) is 4.06. The summed E-state index contributed by atoms with van der Waals surface area (Å²) < 4.78 is 6.86. The number of benzene rings is 2. The molecule has 0 saturated carbocycles. The quantitative estimate of drug-likeness (QED) is 0.698. The molecule has 0 fully saturated rings. The number of halogens is 1. The number of aromatic nitrogens is 2. The molecule has 0 atom stereocenters. The first-order valence-corrected chi connectivity index (χ1v) is 8.45. The largest absolute Gasteiger partial charge is 0.419 e. The molecule has 1 aliphatic rings. The molecule has 2 aromatic carbocycles. The van der Waals surface area contributed by atoms with Crippen LogP contribution in [0.3, 0.4) is 0 Å². The lowest BCUT2D eigenvalue weighted by Crippen LogP contribution is -2.30. The number of rotatable bonds is 3. The Morgan fingerprint density at radius 2 is 1.78 bits per heavy atom. The van der Waals surface area contributed by atoms with Gasteiger partial charge in [0.15, 0.2) is 0 Å². The average molecular weight is 370 g/mol. The summed E-state index contributed by atoms with van der Waals surface area (Å²) in [6.07, 6.45) is 1.07. The normalized spacial score (nSPS) is 14.7. The average Bonchev–Trinajstić information content (AvgIpc) is 3.04. The first-order chi connectivity index (χ1) is 11.3. The maximum Gasteiger partial charge on any atom is 0.247 e. The standard InChI is InChI=1S/C18H16BrN3O/c19-16-7-5-14(6-8-16)18-21-20-17(23-18)12-22-10-9-13-3-1-2-4-15(13)11-22/h1-8H,9-12H2. The van der Waals surface area contributed by atoms with Gasteiger partial charge in [-0.3, -0.25) is 4.90 Å². The summed E-state index contributed by atoms with van der Waals surface area (Å²) in [5.74, 6) is 1.24. The van der Waals surface area contributed by atoms with E-state index in [1.807, 2.05) is 24.3 Å². The monoisotopic (exact) mass is 369 g/mol. The Morgan fingerprint density at radius 1 is 1.00 bits per heavy atom. The Labute approximate surface area is 143 Å². The Bertz CT molecular complexity index is 813. The van der Waals surface area contributed by atoms with E-state index in [4.69, 9.17) is 4.42 Å². The van der Waals surface area contributed by atoms with Crippen LogP contribution in [0.4, 0.5) is 0 Å². The van der Waals surface area contributed by atoms with Crippen molar-refractivity contribution in [3.63, 3.8) is 0 Å². The highest BCUT2D eigenvalue weighted by atomic mass is 79.9. The number of nitrogens with zero attached hydrogens (tertiary/aromatic N) is 3. The smallest absolute Gasteiger partial charge is 0.247 e. The zero-order valence-electron chi connectivity index (χ0n) is 12.6. The van der Waals surface area contributed by atoms with Crippen molar-refractivity contribution in [3.05, 3.63) is 70.0 Å². The van der Waals surface area contributed by atoms with Crippen molar-refractivity contribution in [2.24, 2.45) is 0 Å². The lowest BCUT2D eigenvalue weighted by molar-refractivity contribution is 0.222. The van der Waals surface area contributed by atoms with Crippen molar-refractivity contribution in [2.45, 2.75) is 19.5 Å². The van der Waals surface area contributed by atoms with Crippen LogP contribution < -0.4 is 0 Å². The van der Waals surface area contributed by atoms with E-state index < -0.39 is 0 Å². The Balaban J connectivity index is 1.47. The summed E-state index contributed by atoms with van der Waals surface area (Å²) >= 11 is 3.43. The van der Waals surface area contributed by atoms with E-state index >= 15 is 0 Å². The van der Waals surface area contributed by atoms with Crippen LogP contribution in [0, 0.1) is 0 Å². The zero-order chi connectivity index (χ0) is 15.6. The van der Waals surface area contributed by atoms with E-state index in [2.05, 4.69) is 55.3 Å². The molecule has 1 aliphatic heterocycles. The van der Waals surface area contributed by atoms with Crippen molar-refractivity contribution < 1.29 is 4.42 Å². The van der Waals surface area contributed by atoms with Crippen LogP contribution in [0.5, 0.6) is 0 Å². The van der Waals surface area contributed by atoms with E-state index in [1.54, 1.807) is 0 Å². The molecular weight excluding hydrogens is 354 g/mol. The van der Waals surface area contributed by atoms with E-state index in [9.17, 15) is 0 Å². The molecule has 4 nitrogen and oxygen atoms in total. The van der Waals surface area contributed by atoms with E-state index in [0.29, 0.717) is 18.3 Å². The first kappa shape index (κ1) is 14.6. The minimum atomic E-state index is 0.574. The SMILES string of the molecule is Brc1ccc(-c2nnc(CN3CCc4ccccc4C3)o2)cc1. The lowest BCUT2D eigenvalue weighted by atomic mass is 10.00. The van der Waals surface area contributed by atoms with Gasteiger partial charge in [0.25, 0.3) is 0 Å². The van der Waals surface area contributed by atoms with Crippen LogP contribution in [-0.4, -0.2) is 21.6 Å². The van der Waals surface area contributed by atoms with Crippen LogP contribution in [0.25, 0.3) is 11.5 Å². The van der Waals surface area contributed by atoms with E-state index in [1.165, 1.54) is 11.1 Å². The fourth-order valence-electron chi connectivity index (χ4n) is 2.91. The molecule has 0 N–H and O–H groups in total. The third kappa shape index (κ3) is 3.21. The Kier molecular flexibility index (Phi) is 3.97. The maximum atomic E-state index is 5.82. The van der Waals surface area contributed by atoms with Gasteiger partial charge in [0.2, 0.25) is 11.8 Å². The van der Waals surface area contributed by atoms with Gasteiger partial charge in [-0.15, -0.1) is 10.2 Å². The molecule has 23 heavy (non-hydrogen) atoms. The second kappa shape index (κ2) is 6.26. The molecule has 0 amide bonds. The van der Waals surface area contributed by atoms with Gasteiger partial charge in [-0.1, -0.05) is 40.2 Å². The molecule has 0 unspecified atom stereocenters. The summed E-state index contributed by atoms with van der Waals surface area (Å²) in [6, 6.07) is 16.5. The molecule has 0 bridgehead atoms. The second-order valence-corrected chi connectivity index (χ2v) is 6.65. The highest BCUT2D eigenvalue weighted by Crippen LogP contribution is 2.23. The van der Waals surface area contributed by atoms with Gasteiger partial charge in [-0.05, 0) is 41.8 Å². The van der Waals surface area contributed by atoms with Gasteiger partial charge in [0.1, 0.15) is 0 Å². The fourth-order valence-corrected chi connectivity index (χ4v) is 3.17. The highest BCUT2D eigenvalue weighted by Gasteiger charge is 2.18. The number of fused-ring (bicyclic) bond motifs is 1. The minimum Gasteiger partial charge on any atom is -0.419 e. The molecular formula is C18H16BrN3O. The summed E-state index contributed by atoms with van der Waals surface area (Å²) in [4.78, 5) is 2.35. The first-order valence-electron chi connectivity index (χ1n) is 7.65. The van der Waals surface area contributed by atoms with Crippen LogP contribution >= 0.6 is 15.9 Å². The molecule has 2 heterocycles. The summed E-state index contributed by atoms with van der Waals surface area (Å²) in [5.41, 5.74) is 3.78. The highest BCUT2D eigenvalue weighted by molar-refractivity contribution is 9.10. The molecule has 5 heteroatoms. The van der Waals surface area contributed by atoms with Crippen LogP contribution in [0.1, 0.15) is 17.0 Å². The van der Waals surface area contributed by atoms with Crippen molar-refractivity contribution in [2.75, 3.05) is 6.54 Å². The van der Waals surface area contributed by atoms with Crippen molar-refractivity contribution in [3.8, 4) is 11.5 Å². The van der Waals surface area contributed by atoms with Crippen molar-refractivity contribution in [1.82, 2.24) is 15.1 Å².